The molecule has 1 aliphatic rings. The molecule has 21 heavy (non-hydrogen) atoms. The molecule has 0 unspecified atom stereocenters. The molecule has 0 bridgehead atoms. The second kappa shape index (κ2) is 5.66. The Balaban J connectivity index is 2.20. The minimum atomic E-state index is -0.421. The van der Waals surface area contributed by atoms with Gasteiger partial charge in [0.25, 0.3) is 0 Å². The van der Waals surface area contributed by atoms with Crippen LogP contribution in [0.25, 0.3) is 0 Å². The van der Waals surface area contributed by atoms with E-state index in [9.17, 15) is 0 Å². The molecule has 108 valence electrons. The van der Waals surface area contributed by atoms with Crippen LogP contribution in [-0.4, -0.2) is 13.1 Å². The van der Waals surface area contributed by atoms with Gasteiger partial charge < -0.3 is 9.88 Å². The molecule has 1 N–H and O–H groups in total. The molecule has 1 aliphatic heterocycles. The molecule has 1 saturated heterocycles. The second-order valence-electron chi connectivity index (χ2n) is 6.12. The van der Waals surface area contributed by atoms with Crippen molar-refractivity contribution in [2.75, 3.05) is 0 Å². The first-order chi connectivity index (χ1) is 10.1. The van der Waals surface area contributed by atoms with E-state index in [2.05, 4.69) is 86.6 Å². The first-order valence-corrected chi connectivity index (χ1v) is 7.69. The summed E-state index contributed by atoms with van der Waals surface area (Å²) in [5, 5.41) is 3.62. The van der Waals surface area contributed by atoms with E-state index in [0.29, 0.717) is 5.92 Å². The monoisotopic (exact) mass is 279 g/mol. The zero-order valence-electron chi connectivity index (χ0n) is 12.9. The fraction of sp³-hybridized carbons (Fsp3) is 0.333. The lowest BCUT2D eigenvalue weighted by Gasteiger charge is -2.38. The highest BCUT2D eigenvalue weighted by Gasteiger charge is 2.51. The van der Waals surface area contributed by atoms with Crippen molar-refractivity contribution < 1.29 is 4.65 Å². The molecule has 1 heterocycles. The SMILES string of the molecule is CB1N[C@@H](C(C)C)C(c2ccccc2)(c2ccccc2)O1. The predicted octanol–water partition coefficient (Wildman–Crippen LogP) is 3.69. The van der Waals surface area contributed by atoms with Crippen LogP contribution in [0.4, 0.5) is 0 Å². The van der Waals surface area contributed by atoms with Gasteiger partial charge in [-0.05, 0) is 23.9 Å². The van der Waals surface area contributed by atoms with Crippen LogP contribution in [0.3, 0.4) is 0 Å². The van der Waals surface area contributed by atoms with Crippen LogP contribution < -0.4 is 5.23 Å². The lowest BCUT2D eigenvalue weighted by molar-refractivity contribution is 0.0954. The van der Waals surface area contributed by atoms with Crippen LogP contribution in [0.1, 0.15) is 25.0 Å². The van der Waals surface area contributed by atoms with Gasteiger partial charge in [-0.15, -0.1) is 0 Å². The lowest BCUT2D eigenvalue weighted by atomic mass is 9.76. The second-order valence-corrected chi connectivity index (χ2v) is 6.12. The van der Waals surface area contributed by atoms with Crippen molar-refractivity contribution in [3.8, 4) is 0 Å². The van der Waals surface area contributed by atoms with Gasteiger partial charge >= 0.3 is 7.05 Å². The molecule has 1 fully saturated rings. The molecule has 0 aromatic heterocycles. The fourth-order valence-electron chi connectivity index (χ4n) is 3.45. The zero-order valence-corrected chi connectivity index (χ0v) is 12.9. The topological polar surface area (TPSA) is 21.3 Å². The summed E-state index contributed by atoms with van der Waals surface area (Å²) in [7, 11) is 0.0396. The van der Waals surface area contributed by atoms with Crippen LogP contribution in [0.5, 0.6) is 0 Å². The highest BCUT2D eigenvalue weighted by atomic mass is 16.5. The van der Waals surface area contributed by atoms with E-state index in [0.717, 1.165) is 0 Å². The van der Waals surface area contributed by atoms with Gasteiger partial charge in [0.05, 0.1) is 0 Å². The van der Waals surface area contributed by atoms with E-state index < -0.39 is 5.60 Å². The highest BCUT2D eigenvalue weighted by molar-refractivity contribution is 6.48. The lowest BCUT2D eigenvalue weighted by Crippen LogP contribution is -2.46. The van der Waals surface area contributed by atoms with E-state index >= 15 is 0 Å². The largest absolute Gasteiger partial charge is 0.406 e. The Kier molecular flexibility index (Phi) is 3.88. The van der Waals surface area contributed by atoms with E-state index in [1.165, 1.54) is 11.1 Å². The van der Waals surface area contributed by atoms with Crippen LogP contribution in [0, 0.1) is 5.92 Å². The average Bonchev–Trinajstić information content (AvgIpc) is 2.88. The van der Waals surface area contributed by atoms with Crippen LogP contribution in [0.2, 0.25) is 6.82 Å². The highest BCUT2D eigenvalue weighted by Crippen LogP contribution is 2.43. The third-order valence-corrected chi connectivity index (χ3v) is 4.29. The number of hydrogen-bond acceptors (Lipinski definition) is 2. The average molecular weight is 279 g/mol. The van der Waals surface area contributed by atoms with Gasteiger partial charge in [-0.3, -0.25) is 0 Å². The normalized spacial score (nSPS) is 21.0. The molecule has 3 heteroatoms. The molecule has 2 nitrogen and oxygen atoms in total. The maximum atomic E-state index is 6.48. The summed E-state index contributed by atoms with van der Waals surface area (Å²) in [6.07, 6.45) is 0. The van der Waals surface area contributed by atoms with Gasteiger partial charge in [-0.2, -0.15) is 0 Å². The Labute approximate surface area is 127 Å². The van der Waals surface area contributed by atoms with Crippen LogP contribution >= 0.6 is 0 Å². The summed E-state index contributed by atoms with van der Waals surface area (Å²) >= 11 is 0. The quantitative estimate of drug-likeness (QED) is 0.865. The van der Waals surface area contributed by atoms with Crippen molar-refractivity contribution in [3.63, 3.8) is 0 Å². The van der Waals surface area contributed by atoms with Crippen molar-refractivity contribution >= 4 is 7.05 Å². The molecule has 0 saturated carbocycles. The fourth-order valence-corrected chi connectivity index (χ4v) is 3.45. The molecule has 0 radical (unpaired) electrons. The Bertz CT molecular complexity index is 545. The number of hydrogen-bond donors (Lipinski definition) is 1. The summed E-state index contributed by atoms with van der Waals surface area (Å²) in [4.78, 5) is 0. The minimum Gasteiger partial charge on any atom is -0.406 e. The molecule has 2 aromatic carbocycles. The number of rotatable bonds is 3. The number of benzene rings is 2. The van der Waals surface area contributed by atoms with Crippen LogP contribution in [0.15, 0.2) is 60.7 Å². The van der Waals surface area contributed by atoms with Gasteiger partial charge in [-0.1, -0.05) is 74.5 Å². The van der Waals surface area contributed by atoms with Gasteiger partial charge in [-0.25, -0.2) is 0 Å². The van der Waals surface area contributed by atoms with Gasteiger partial charge in [0.2, 0.25) is 0 Å². The molecule has 1 atom stereocenters. The minimum absolute atomic E-state index is 0.0396. The molecule has 0 amide bonds. The summed E-state index contributed by atoms with van der Waals surface area (Å²) in [5.74, 6) is 0.468. The predicted molar refractivity (Wildman–Crippen MR) is 88.1 cm³/mol. The Morgan fingerprint density at radius 3 is 1.86 bits per heavy atom. The molecule has 0 aliphatic carbocycles. The van der Waals surface area contributed by atoms with Crippen molar-refractivity contribution in [2.45, 2.75) is 32.3 Å². The maximum absolute atomic E-state index is 6.48. The summed E-state index contributed by atoms with van der Waals surface area (Å²) in [6.45, 7) is 6.59. The molecular weight excluding hydrogens is 257 g/mol. The molecular formula is C18H22BNO. The summed E-state index contributed by atoms with van der Waals surface area (Å²) < 4.78 is 6.48. The Morgan fingerprint density at radius 2 is 1.43 bits per heavy atom. The first-order valence-electron chi connectivity index (χ1n) is 7.69. The Hall–Kier alpha value is -1.58. The van der Waals surface area contributed by atoms with Gasteiger partial charge in [0.15, 0.2) is 0 Å². The molecule has 0 spiro atoms. The third-order valence-electron chi connectivity index (χ3n) is 4.29. The van der Waals surface area contributed by atoms with E-state index in [1.807, 2.05) is 0 Å². The van der Waals surface area contributed by atoms with Crippen molar-refractivity contribution in [2.24, 2.45) is 5.92 Å². The van der Waals surface area contributed by atoms with E-state index in [1.54, 1.807) is 0 Å². The van der Waals surface area contributed by atoms with E-state index in [-0.39, 0.29) is 13.1 Å². The maximum Gasteiger partial charge on any atom is 0.377 e. The van der Waals surface area contributed by atoms with Gasteiger partial charge in [0, 0.05) is 6.04 Å². The third kappa shape index (κ3) is 2.41. The zero-order chi connectivity index (χ0) is 14.9. The first kappa shape index (κ1) is 14.4. The van der Waals surface area contributed by atoms with Crippen LogP contribution in [-0.2, 0) is 10.3 Å². The van der Waals surface area contributed by atoms with Crippen molar-refractivity contribution in [1.82, 2.24) is 5.23 Å². The number of nitrogens with one attached hydrogen (secondary N) is 1. The van der Waals surface area contributed by atoms with Crippen molar-refractivity contribution in [3.05, 3.63) is 71.8 Å². The van der Waals surface area contributed by atoms with Gasteiger partial charge in [0.1, 0.15) is 5.60 Å². The summed E-state index contributed by atoms with van der Waals surface area (Å²) in [5.41, 5.74) is 2.01. The summed E-state index contributed by atoms with van der Waals surface area (Å²) in [6, 6.07) is 21.4. The smallest absolute Gasteiger partial charge is 0.377 e. The van der Waals surface area contributed by atoms with E-state index in [4.69, 9.17) is 4.65 Å². The molecule has 3 rings (SSSR count). The van der Waals surface area contributed by atoms with Crippen molar-refractivity contribution in [1.29, 1.82) is 0 Å². The standard InChI is InChI=1S/C18H22BNO/c1-14(2)17-18(21-19(3)20-17,15-10-6-4-7-11-15)16-12-8-5-9-13-16/h4-14,17,20H,1-3H3/t17-/m0/s1. The Morgan fingerprint density at radius 1 is 0.952 bits per heavy atom. The molecule has 2 aromatic rings.